The molecule has 0 amide bonds. The van der Waals surface area contributed by atoms with E-state index >= 15 is 0 Å². The highest BCUT2D eigenvalue weighted by Gasteiger charge is 2.52. The van der Waals surface area contributed by atoms with Crippen molar-refractivity contribution in [3.8, 4) is 0 Å². The summed E-state index contributed by atoms with van der Waals surface area (Å²) >= 11 is 0. The number of hydrogen-bond acceptors (Lipinski definition) is 12. The van der Waals surface area contributed by atoms with Gasteiger partial charge in [-0.25, -0.2) is 0 Å². The Morgan fingerprint density at radius 2 is 1.73 bits per heavy atom. The van der Waals surface area contributed by atoms with Gasteiger partial charge in [-0.3, -0.25) is 9.59 Å². The molecule has 12 nitrogen and oxygen atoms in total. The number of oxime groups is 1. The van der Waals surface area contributed by atoms with Crippen molar-refractivity contribution in [2.75, 3.05) is 41.0 Å². The maximum Gasteiger partial charge on any atom is 0.316 e. The van der Waals surface area contributed by atoms with Crippen LogP contribution in [0.5, 0.6) is 0 Å². The molecule has 3 fully saturated rings. The van der Waals surface area contributed by atoms with E-state index in [9.17, 15) is 14.7 Å². The van der Waals surface area contributed by atoms with E-state index < -0.39 is 59.7 Å². The van der Waals surface area contributed by atoms with Crippen molar-refractivity contribution in [3.05, 3.63) is 12.2 Å². The van der Waals surface area contributed by atoms with Crippen molar-refractivity contribution in [1.29, 1.82) is 0 Å². The molecule has 13 atom stereocenters. The third kappa shape index (κ3) is 8.86. The van der Waals surface area contributed by atoms with Gasteiger partial charge in [0.2, 0.25) is 0 Å². The highest BCUT2D eigenvalue weighted by atomic mass is 16.7. The number of Topliss-reactive ketones (excluding diaryl/α,β-unsaturated/α-hetero) is 1. The Morgan fingerprint density at radius 1 is 1.06 bits per heavy atom. The monoisotopic (exact) mass is 682 g/mol. The Labute approximate surface area is 287 Å². The molecule has 3 aliphatic heterocycles. The summed E-state index contributed by atoms with van der Waals surface area (Å²) < 4.78 is 38.5. The number of hydrogen-bond donors (Lipinski definition) is 1. The first kappa shape index (κ1) is 40.5. The minimum Gasteiger partial charge on any atom is -0.459 e. The number of aliphatic hydroxyl groups is 1. The van der Waals surface area contributed by atoms with Crippen LogP contribution in [0.2, 0.25) is 0 Å². The largest absolute Gasteiger partial charge is 0.459 e. The maximum absolute atomic E-state index is 14.3. The molecular formula is C36H62N2O10. The number of cyclic esters (lactones) is 1. The van der Waals surface area contributed by atoms with Crippen molar-refractivity contribution in [3.63, 3.8) is 0 Å². The number of ketones is 1. The Kier molecular flexibility index (Phi) is 14.2. The van der Waals surface area contributed by atoms with E-state index in [1.807, 2.05) is 55.6 Å². The molecule has 12 heteroatoms. The van der Waals surface area contributed by atoms with Crippen LogP contribution in [-0.2, 0) is 42.8 Å². The van der Waals surface area contributed by atoms with Crippen LogP contribution in [0.15, 0.2) is 17.3 Å². The summed E-state index contributed by atoms with van der Waals surface area (Å²) in [6, 6.07) is -0.0132. The average Bonchev–Trinajstić information content (AvgIpc) is 3.05. The zero-order valence-corrected chi connectivity index (χ0v) is 31.3. The predicted molar refractivity (Wildman–Crippen MR) is 181 cm³/mol. The van der Waals surface area contributed by atoms with E-state index in [0.29, 0.717) is 25.2 Å². The highest BCUT2D eigenvalue weighted by molar-refractivity contribution is 6.00. The number of rotatable bonds is 7. The minimum absolute atomic E-state index is 0.00213. The lowest BCUT2D eigenvalue weighted by molar-refractivity contribution is -0.300. The molecular weight excluding hydrogens is 620 g/mol. The van der Waals surface area contributed by atoms with E-state index in [1.165, 1.54) is 6.92 Å². The quantitative estimate of drug-likeness (QED) is 0.180. The molecule has 0 aromatic heterocycles. The van der Waals surface area contributed by atoms with Crippen LogP contribution < -0.4 is 0 Å². The smallest absolute Gasteiger partial charge is 0.316 e. The molecule has 3 saturated heterocycles. The number of fused-ring (bicyclic) bond motifs is 5. The molecule has 0 saturated carbocycles. The third-order valence-corrected chi connectivity index (χ3v) is 10.6. The first-order valence-corrected chi connectivity index (χ1v) is 17.5. The van der Waals surface area contributed by atoms with Crippen LogP contribution >= 0.6 is 0 Å². The van der Waals surface area contributed by atoms with E-state index in [-0.39, 0.29) is 43.0 Å². The first-order valence-electron chi connectivity index (χ1n) is 17.5. The average molecular weight is 683 g/mol. The Hall–Kier alpha value is -1.93. The van der Waals surface area contributed by atoms with Gasteiger partial charge in [-0.2, -0.15) is 0 Å². The molecule has 0 aliphatic carbocycles. The van der Waals surface area contributed by atoms with E-state index in [4.69, 9.17) is 33.3 Å². The van der Waals surface area contributed by atoms with Crippen LogP contribution in [0.3, 0.4) is 0 Å². The normalized spacial score (nSPS) is 43.3. The van der Waals surface area contributed by atoms with Gasteiger partial charge in [-0.05, 0) is 73.9 Å². The van der Waals surface area contributed by atoms with Crippen LogP contribution in [0.4, 0.5) is 0 Å². The molecule has 3 heterocycles. The Balaban J connectivity index is 2.27. The maximum atomic E-state index is 14.3. The topological polar surface area (TPSA) is 135 Å². The first-order chi connectivity index (χ1) is 22.4. The summed E-state index contributed by atoms with van der Waals surface area (Å²) in [5.41, 5.74) is -1.51. The van der Waals surface area contributed by atoms with Crippen molar-refractivity contribution in [1.82, 2.24) is 4.90 Å². The SMILES string of the molecule is C=C1[C@H](C)C[C@@]2(C)OCC(=NOCC)CO[C@H]([C@H]1C)[C@](C)(O)[C@@H](CC)OC(=O)C(C)C(=O)[C@H](C)[C@H]2O[C@@H]1O[C@H](C)C[C@H](N(C)C)[C@H]1OC. The highest BCUT2D eigenvalue weighted by Crippen LogP contribution is 2.42. The molecule has 0 spiro atoms. The van der Waals surface area contributed by atoms with Gasteiger partial charge in [0.05, 0.1) is 37.1 Å². The number of carbonyl (C=O) groups excluding carboxylic acids is 2. The Morgan fingerprint density at radius 3 is 2.31 bits per heavy atom. The lowest BCUT2D eigenvalue weighted by Crippen LogP contribution is -2.60. The minimum atomic E-state index is -1.64. The fourth-order valence-corrected chi connectivity index (χ4v) is 7.68. The number of carbonyl (C=O) groups is 2. The second kappa shape index (κ2) is 16.9. The molecule has 0 aromatic carbocycles. The van der Waals surface area contributed by atoms with Crippen molar-refractivity contribution < 1.29 is 48.0 Å². The zero-order chi connectivity index (χ0) is 36.1. The van der Waals surface area contributed by atoms with Crippen LogP contribution in [-0.4, -0.2) is 123 Å². The van der Waals surface area contributed by atoms with E-state index in [1.54, 1.807) is 21.0 Å². The summed E-state index contributed by atoms with van der Waals surface area (Å²) in [5.74, 6) is -3.65. The second-order valence-corrected chi connectivity index (χ2v) is 14.7. The molecule has 3 aliphatic rings. The number of esters is 1. The summed E-state index contributed by atoms with van der Waals surface area (Å²) in [7, 11) is 5.61. The van der Waals surface area contributed by atoms with Crippen molar-refractivity contribution in [2.45, 2.75) is 136 Å². The summed E-state index contributed by atoms with van der Waals surface area (Å²) in [5, 5.41) is 16.4. The number of methoxy groups -OCH3 is 1. The molecule has 1 N–H and O–H groups in total. The van der Waals surface area contributed by atoms with Gasteiger partial charge < -0.3 is 43.3 Å². The molecule has 0 aromatic rings. The number of nitrogens with zero attached hydrogens (tertiary/aromatic N) is 2. The molecule has 1 unspecified atom stereocenters. The zero-order valence-electron chi connectivity index (χ0n) is 31.3. The van der Waals surface area contributed by atoms with E-state index in [2.05, 4.69) is 16.6 Å². The van der Waals surface area contributed by atoms with Crippen molar-refractivity contribution >= 4 is 17.5 Å². The van der Waals surface area contributed by atoms with Crippen molar-refractivity contribution in [2.24, 2.45) is 28.8 Å². The predicted octanol–water partition coefficient (Wildman–Crippen LogP) is 4.16. The van der Waals surface area contributed by atoms with Crippen LogP contribution in [0, 0.1) is 23.7 Å². The van der Waals surface area contributed by atoms with Crippen LogP contribution in [0.1, 0.15) is 81.6 Å². The molecule has 3 rings (SSSR count). The van der Waals surface area contributed by atoms with Gasteiger partial charge in [0, 0.05) is 25.0 Å². The molecule has 276 valence electrons. The molecule has 2 bridgehead atoms. The van der Waals surface area contributed by atoms with Gasteiger partial charge in [0.25, 0.3) is 0 Å². The fourth-order valence-electron chi connectivity index (χ4n) is 7.68. The number of likely N-dealkylation sites (N-methyl/N-ethyl adjacent to an activating group) is 1. The number of ether oxygens (including phenoxy) is 6. The van der Waals surface area contributed by atoms with Gasteiger partial charge >= 0.3 is 5.97 Å². The van der Waals surface area contributed by atoms with Gasteiger partial charge in [-0.1, -0.05) is 45.0 Å². The van der Waals surface area contributed by atoms with Gasteiger partial charge in [0.1, 0.15) is 36.0 Å². The molecule has 0 radical (unpaired) electrons. The summed E-state index contributed by atoms with van der Waals surface area (Å²) in [4.78, 5) is 35.5. The fraction of sp³-hybridized carbons (Fsp3) is 0.861. The van der Waals surface area contributed by atoms with Gasteiger partial charge in [0.15, 0.2) is 12.1 Å². The van der Waals surface area contributed by atoms with Gasteiger partial charge in [-0.15, -0.1) is 0 Å². The summed E-state index contributed by atoms with van der Waals surface area (Å²) in [6.07, 6.45) is -2.76. The summed E-state index contributed by atoms with van der Waals surface area (Å²) in [6.45, 7) is 21.2. The second-order valence-electron chi connectivity index (χ2n) is 14.7. The third-order valence-electron chi connectivity index (χ3n) is 10.6. The Bertz CT molecular complexity index is 1140. The van der Waals surface area contributed by atoms with Crippen LogP contribution in [0.25, 0.3) is 0 Å². The lowest BCUT2D eigenvalue weighted by atomic mass is 9.73. The standard InChI is InChI=1S/C36H62N2O10/c1-14-28-36(10,41)32-23(6)22(5)20(3)17-35(9,44-19-26(18-43-32)37-45-15-2)31(24(7)29(39)25(8)33(40)47-28)48-34-30(42-13)27(38(11)12)16-21(4)46-34/h20-21,23-25,27-28,30-32,34,41H,5,14-19H2,1-4,6-13H3/t20-,21-,23+,24+,25?,27+,28-,30-,31-,32-,34+,35-,36-/m1/s1. The lowest BCUT2D eigenvalue weighted by Gasteiger charge is -2.48. The molecule has 48 heavy (non-hydrogen) atoms. The van der Waals surface area contributed by atoms with E-state index in [0.717, 1.165) is 12.0 Å².